The Kier molecular flexibility index (Phi) is 1.92. The van der Waals surface area contributed by atoms with E-state index < -0.39 is 0 Å². The molecule has 2 heterocycles. The molecule has 0 aliphatic heterocycles. The molecule has 0 amide bonds. The number of nitrogens with one attached hydrogen (secondary N) is 1. The molecule has 0 aliphatic carbocycles. The Hall–Kier alpha value is -1.14. The minimum absolute atomic E-state index is 0.0179. The third-order valence-electron chi connectivity index (χ3n) is 1.35. The molecule has 0 fully saturated rings. The smallest absolute Gasteiger partial charge is 0.191 e. The normalized spacial score (nSPS) is 10.8. The maximum absolute atomic E-state index is 8.60. The largest absolute Gasteiger partial charge is 0.385 e. The number of H-pyrrole nitrogens is 1. The number of aliphatic hydroxyl groups is 1. The van der Waals surface area contributed by atoms with E-state index in [1.54, 1.807) is 12.5 Å². The van der Waals surface area contributed by atoms with Gasteiger partial charge in [0.05, 0.1) is 18.5 Å². The van der Waals surface area contributed by atoms with Crippen LogP contribution in [0.4, 0.5) is 0 Å². The van der Waals surface area contributed by atoms with Gasteiger partial charge < -0.3 is 10.1 Å². The van der Waals surface area contributed by atoms with E-state index in [-0.39, 0.29) is 5.94 Å². The van der Waals surface area contributed by atoms with E-state index in [1.165, 1.54) is 11.8 Å². The fourth-order valence-corrected chi connectivity index (χ4v) is 1.24. The van der Waals surface area contributed by atoms with Crippen LogP contribution in [-0.2, 0) is 0 Å². The van der Waals surface area contributed by atoms with Crippen LogP contribution in [0, 0.1) is 0 Å². The van der Waals surface area contributed by atoms with Gasteiger partial charge in [0.25, 0.3) is 0 Å². The second-order valence-electron chi connectivity index (χ2n) is 2.07. The molecule has 0 atom stereocenters. The van der Waals surface area contributed by atoms with E-state index in [9.17, 15) is 0 Å². The van der Waals surface area contributed by atoms with Crippen molar-refractivity contribution in [3.8, 4) is 0 Å². The number of aromatic nitrogens is 4. The van der Waals surface area contributed by atoms with Gasteiger partial charge in [-0.2, -0.15) is 0 Å². The van der Waals surface area contributed by atoms with Crippen LogP contribution in [0.3, 0.4) is 0 Å². The van der Waals surface area contributed by atoms with Gasteiger partial charge in [-0.25, -0.2) is 15.0 Å². The minimum Gasteiger partial charge on any atom is -0.385 e. The summed E-state index contributed by atoms with van der Waals surface area (Å²) in [5, 5.41) is 9.14. The van der Waals surface area contributed by atoms with Crippen molar-refractivity contribution in [1.29, 1.82) is 0 Å². The van der Waals surface area contributed by atoms with Crippen LogP contribution >= 0.6 is 11.8 Å². The van der Waals surface area contributed by atoms with Gasteiger partial charge in [0, 0.05) is 0 Å². The Bertz CT molecular complexity index is 388. The summed E-state index contributed by atoms with van der Waals surface area (Å²) >= 11 is 1.17. The number of thioether (sulfide) groups is 1. The lowest BCUT2D eigenvalue weighted by Gasteiger charge is -1.93. The second kappa shape index (κ2) is 3.08. The lowest BCUT2D eigenvalue weighted by Crippen LogP contribution is -1.87. The zero-order valence-corrected chi connectivity index (χ0v) is 6.88. The SMILES string of the molecule is OCSc1ncc2[nH]cnc2n1. The molecule has 2 aromatic heterocycles. The highest BCUT2D eigenvalue weighted by molar-refractivity contribution is 7.98. The summed E-state index contributed by atoms with van der Waals surface area (Å²) in [6.45, 7) is 0. The lowest BCUT2D eigenvalue weighted by molar-refractivity contribution is 0.375. The molecule has 0 spiro atoms. The average Bonchev–Trinajstić information content (AvgIpc) is 2.51. The van der Waals surface area contributed by atoms with E-state index in [0.29, 0.717) is 10.8 Å². The zero-order chi connectivity index (χ0) is 8.39. The molecule has 12 heavy (non-hydrogen) atoms. The molecule has 0 saturated heterocycles. The average molecular weight is 182 g/mol. The van der Waals surface area contributed by atoms with Crippen molar-refractivity contribution in [3.05, 3.63) is 12.5 Å². The van der Waals surface area contributed by atoms with Gasteiger partial charge >= 0.3 is 0 Å². The zero-order valence-electron chi connectivity index (χ0n) is 6.06. The van der Waals surface area contributed by atoms with Crippen LogP contribution in [-0.4, -0.2) is 31.0 Å². The van der Waals surface area contributed by atoms with Crippen molar-refractivity contribution in [3.63, 3.8) is 0 Å². The third kappa shape index (κ3) is 1.26. The number of rotatable bonds is 2. The first-order valence-corrected chi connectivity index (χ1v) is 4.28. The highest BCUT2D eigenvalue weighted by Crippen LogP contribution is 2.12. The summed E-state index contributed by atoms with van der Waals surface area (Å²) in [7, 11) is 0. The molecule has 2 N–H and O–H groups in total. The number of imidazole rings is 1. The van der Waals surface area contributed by atoms with Gasteiger partial charge in [0.1, 0.15) is 5.52 Å². The molecule has 0 unspecified atom stereocenters. The number of hydrogen-bond donors (Lipinski definition) is 2. The van der Waals surface area contributed by atoms with E-state index in [2.05, 4.69) is 19.9 Å². The summed E-state index contributed by atoms with van der Waals surface area (Å²) in [5.74, 6) is -0.0179. The highest BCUT2D eigenvalue weighted by Gasteiger charge is 2.00. The maximum Gasteiger partial charge on any atom is 0.191 e. The van der Waals surface area contributed by atoms with Crippen LogP contribution < -0.4 is 0 Å². The van der Waals surface area contributed by atoms with Crippen LogP contribution in [0.2, 0.25) is 0 Å². The van der Waals surface area contributed by atoms with Crippen LogP contribution in [0.5, 0.6) is 0 Å². The number of fused-ring (bicyclic) bond motifs is 1. The van der Waals surface area contributed by atoms with Gasteiger partial charge in [-0.15, -0.1) is 0 Å². The molecule has 2 rings (SSSR count). The molecular formula is C6H6N4OS. The summed E-state index contributed by atoms with van der Waals surface area (Å²) in [5.41, 5.74) is 1.43. The van der Waals surface area contributed by atoms with E-state index in [1.807, 2.05) is 0 Å². The van der Waals surface area contributed by atoms with Crippen molar-refractivity contribution in [2.24, 2.45) is 0 Å². The van der Waals surface area contributed by atoms with Crippen LogP contribution in [0.1, 0.15) is 0 Å². The Morgan fingerprint density at radius 2 is 2.42 bits per heavy atom. The van der Waals surface area contributed by atoms with Crippen LogP contribution in [0.15, 0.2) is 17.7 Å². The molecule has 0 aromatic carbocycles. The number of aromatic amines is 1. The predicted molar refractivity (Wildman–Crippen MR) is 44.6 cm³/mol. The van der Waals surface area contributed by atoms with Gasteiger partial charge in [0.2, 0.25) is 0 Å². The quantitative estimate of drug-likeness (QED) is 0.399. The maximum atomic E-state index is 8.60. The molecule has 0 bridgehead atoms. The van der Waals surface area contributed by atoms with Gasteiger partial charge in [-0.3, -0.25) is 0 Å². The van der Waals surface area contributed by atoms with Gasteiger partial charge in [0.15, 0.2) is 10.8 Å². The first-order valence-electron chi connectivity index (χ1n) is 3.30. The van der Waals surface area contributed by atoms with Crippen molar-refractivity contribution >= 4 is 22.9 Å². The van der Waals surface area contributed by atoms with Crippen molar-refractivity contribution < 1.29 is 5.11 Å². The fourth-order valence-electron chi connectivity index (χ4n) is 0.848. The Labute approximate surface area is 72.3 Å². The topological polar surface area (TPSA) is 74.7 Å². The molecule has 0 aliphatic rings. The Balaban J connectivity index is 2.46. The molecule has 2 aromatic rings. The summed E-state index contributed by atoms with van der Waals surface area (Å²) in [4.78, 5) is 14.9. The van der Waals surface area contributed by atoms with E-state index in [0.717, 1.165) is 5.52 Å². The lowest BCUT2D eigenvalue weighted by atomic mass is 10.6. The number of aliphatic hydroxyl groups excluding tert-OH is 1. The Morgan fingerprint density at radius 3 is 3.25 bits per heavy atom. The molecule has 62 valence electrons. The fraction of sp³-hybridized carbons (Fsp3) is 0.167. The van der Waals surface area contributed by atoms with Crippen molar-refractivity contribution in [2.45, 2.75) is 5.16 Å². The summed E-state index contributed by atoms with van der Waals surface area (Å²) < 4.78 is 0. The molecule has 0 saturated carbocycles. The molecule has 6 heteroatoms. The summed E-state index contributed by atoms with van der Waals surface area (Å²) in [6, 6.07) is 0. The van der Waals surface area contributed by atoms with E-state index in [4.69, 9.17) is 5.11 Å². The predicted octanol–water partition coefficient (Wildman–Crippen LogP) is 0.395. The number of hydrogen-bond acceptors (Lipinski definition) is 5. The second-order valence-corrected chi connectivity index (χ2v) is 2.98. The van der Waals surface area contributed by atoms with Crippen molar-refractivity contribution in [2.75, 3.05) is 5.94 Å². The van der Waals surface area contributed by atoms with Gasteiger partial charge in [-0.05, 0) is 0 Å². The minimum atomic E-state index is -0.0179. The van der Waals surface area contributed by atoms with Gasteiger partial charge in [-0.1, -0.05) is 11.8 Å². The summed E-state index contributed by atoms with van der Waals surface area (Å²) in [6.07, 6.45) is 3.21. The number of nitrogens with zero attached hydrogens (tertiary/aromatic N) is 3. The molecule has 0 radical (unpaired) electrons. The first-order chi connectivity index (χ1) is 5.90. The van der Waals surface area contributed by atoms with E-state index >= 15 is 0 Å². The molecular weight excluding hydrogens is 176 g/mol. The molecule has 5 nitrogen and oxygen atoms in total. The highest BCUT2D eigenvalue weighted by atomic mass is 32.2. The third-order valence-corrected chi connectivity index (χ3v) is 1.93. The van der Waals surface area contributed by atoms with Crippen LogP contribution in [0.25, 0.3) is 11.2 Å². The van der Waals surface area contributed by atoms with Crippen molar-refractivity contribution in [1.82, 2.24) is 19.9 Å². The first kappa shape index (κ1) is 7.51. The standard InChI is InChI=1S/C6H6N4OS/c11-3-12-6-7-1-4-5(10-6)9-2-8-4/h1-2,11H,3H2,(H,7,8,9,10). The monoisotopic (exact) mass is 182 g/mol. The Morgan fingerprint density at radius 1 is 1.50 bits per heavy atom.